The standard InChI is InChI=1S/C21H24N2O4/c1-3-19-9-6-11-23(26)12-10-20(17(19)23)14-7-4-5-8-15(14)22-16(20)21(25,13-19)18(24)27-2/h4-9,17,25H,3,10-13H2,1-2H3/t17-,19-,20-,21+,23?/m0/s1. The van der Waals surface area contributed by atoms with Gasteiger partial charge in [-0.1, -0.05) is 31.2 Å². The van der Waals surface area contributed by atoms with Crippen molar-refractivity contribution >= 4 is 17.4 Å². The molecule has 0 aromatic heterocycles. The quantitative estimate of drug-likeness (QED) is 0.376. The molecule has 1 aromatic rings. The molecule has 142 valence electrons. The number of para-hydroxylation sites is 1. The maximum atomic E-state index is 13.9. The zero-order valence-electron chi connectivity index (χ0n) is 15.6. The third kappa shape index (κ3) is 1.77. The Morgan fingerprint density at radius 3 is 2.96 bits per heavy atom. The topological polar surface area (TPSA) is 82.0 Å². The van der Waals surface area contributed by atoms with Crippen molar-refractivity contribution in [1.82, 2.24) is 0 Å². The molecule has 1 N–H and O–H groups in total. The molecule has 4 aliphatic rings. The minimum Gasteiger partial charge on any atom is -0.632 e. The van der Waals surface area contributed by atoms with Gasteiger partial charge in [0.25, 0.3) is 0 Å². The van der Waals surface area contributed by atoms with Gasteiger partial charge in [-0.3, -0.25) is 4.99 Å². The molecule has 2 fully saturated rings. The van der Waals surface area contributed by atoms with Gasteiger partial charge in [0, 0.05) is 18.3 Å². The van der Waals surface area contributed by atoms with Crippen molar-refractivity contribution in [2.75, 3.05) is 20.2 Å². The Morgan fingerprint density at radius 2 is 2.22 bits per heavy atom. The van der Waals surface area contributed by atoms with Gasteiger partial charge in [-0.25, -0.2) is 4.79 Å². The molecule has 0 radical (unpaired) electrons. The molecule has 1 saturated heterocycles. The maximum Gasteiger partial charge on any atom is 0.343 e. The first-order chi connectivity index (χ1) is 12.9. The van der Waals surface area contributed by atoms with Crippen LogP contribution in [0.15, 0.2) is 41.4 Å². The van der Waals surface area contributed by atoms with Crippen molar-refractivity contribution in [1.29, 1.82) is 0 Å². The van der Waals surface area contributed by atoms with Crippen molar-refractivity contribution < 1.29 is 19.3 Å². The molecule has 5 atom stereocenters. The summed E-state index contributed by atoms with van der Waals surface area (Å²) in [4.78, 5) is 17.6. The average Bonchev–Trinajstić information content (AvgIpc) is 3.18. The number of ether oxygens (including phenoxy) is 1. The van der Waals surface area contributed by atoms with Crippen LogP contribution in [0, 0.1) is 10.6 Å². The van der Waals surface area contributed by atoms with E-state index in [9.17, 15) is 15.1 Å². The summed E-state index contributed by atoms with van der Waals surface area (Å²) in [6.45, 7) is 2.92. The van der Waals surface area contributed by atoms with Gasteiger partial charge in [0.05, 0.1) is 37.0 Å². The van der Waals surface area contributed by atoms with Gasteiger partial charge in [0.15, 0.2) is 0 Å². The predicted octanol–water partition coefficient (Wildman–Crippen LogP) is 2.37. The number of fused-ring (bicyclic) bond motifs is 1. The summed E-state index contributed by atoms with van der Waals surface area (Å²) in [7, 11) is 1.29. The zero-order valence-corrected chi connectivity index (χ0v) is 15.6. The minimum absolute atomic E-state index is 0.140. The summed E-state index contributed by atoms with van der Waals surface area (Å²) in [5.41, 5.74) is -0.975. The maximum absolute atomic E-state index is 13.9. The number of hydroxylamine groups is 3. The Balaban J connectivity index is 1.86. The number of aliphatic imine (C=N–C) groups is 1. The number of benzene rings is 1. The highest BCUT2D eigenvalue weighted by atomic mass is 16.6. The summed E-state index contributed by atoms with van der Waals surface area (Å²) in [6, 6.07) is 7.46. The van der Waals surface area contributed by atoms with E-state index >= 15 is 0 Å². The smallest absolute Gasteiger partial charge is 0.343 e. The highest BCUT2D eigenvalue weighted by molar-refractivity contribution is 6.19. The summed E-state index contributed by atoms with van der Waals surface area (Å²) in [5.74, 6) is -0.686. The van der Waals surface area contributed by atoms with Crippen LogP contribution in [-0.4, -0.2) is 53.3 Å². The van der Waals surface area contributed by atoms with E-state index in [4.69, 9.17) is 9.73 Å². The van der Waals surface area contributed by atoms with Crippen molar-refractivity contribution in [3.63, 3.8) is 0 Å². The van der Waals surface area contributed by atoms with Gasteiger partial charge < -0.3 is 19.7 Å². The van der Waals surface area contributed by atoms with E-state index < -0.39 is 22.4 Å². The second-order valence-corrected chi connectivity index (χ2v) is 8.48. The molecule has 1 saturated carbocycles. The predicted molar refractivity (Wildman–Crippen MR) is 100 cm³/mol. The molecule has 0 bridgehead atoms. The molecular weight excluding hydrogens is 344 g/mol. The lowest BCUT2D eigenvalue weighted by molar-refractivity contribution is -0.898. The van der Waals surface area contributed by atoms with E-state index in [0.717, 1.165) is 11.3 Å². The monoisotopic (exact) mass is 368 g/mol. The van der Waals surface area contributed by atoms with Crippen LogP contribution in [0.25, 0.3) is 0 Å². The number of hydrogen-bond acceptors (Lipinski definition) is 5. The van der Waals surface area contributed by atoms with Crippen molar-refractivity contribution in [3.8, 4) is 0 Å². The Labute approximate surface area is 158 Å². The van der Waals surface area contributed by atoms with Crippen LogP contribution in [0.1, 0.15) is 31.7 Å². The molecule has 3 heterocycles. The number of rotatable bonds is 2. The summed E-state index contributed by atoms with van der Waals surface area (Å²) >= 11 is 0. The minimum atomic E-state index is -1.82. The first-order valence-electron chi connectivity index (χ1n) is 9.62. The van der Waals surface area contributed by atoms with Gasteiger partial charge in [-0.05, 0) is 24.1 Å². The van der Waals surface area contributed by atoms with Crippen LogP contribution in [0.4, 0.5) is 5.69 Å². The Bertz CT molecular complexity index is 911. The van der Waals surface area contributed by atoms with E-state index in [1.807, 2.05) is 37.3 Å². The fourth-order valence-electron chi connectivity index (χ4n) is 6.52. The molecule has 1 aliphatic carbocycles. The van der Waals surface area contributed by atoms with Crippen molar-refractivity contribution in [2.24, 2.45) is 10.4 Å². The van der Waals surface area contributed by atoms with Gasteiger partial charge in [-0.15, -0.1) is 0 Å². The largest absolute Gasteiger partial charge is 0.632 e. The molecule has 1 unspecified atom stereocenters. The normalized spacial score (nSPS) is 43.6. The molecule has 5 rings (SSSR count). The second-order valence-electron chi connectivity index (χ2n) is 8.48. The van der Waals surface area contributed by atoms with Gasteiger partial charge in [0.2, 0.25) is 5.60 Å². The van der Waals surface area contributed by atoms with E-state index in [1.165, 1.54) is 7.11 Å². The molecule has 0 amide bonds. The number of methoxy groups -OCH3 is 1. The van der Waals surface area contributed by atoms with Gasteiger partial charge in [0.1, 0.15) is 6.04 Å². The second kappa shape index (κ2) is 5.07. The summed E-state index contributed by atoms with van der Waals surface area (Å²) < 4.78 is 4.71. The fourth-order valence-corrected chi connectivity index (χ4v) is 6.52. The number of carbonyl (C=O) groups excluding carboxylic acids is 1. The number of aliphatic hydroxyl groups is 1. The lowest BCUT2D eigenvalue weighted by Gasteiger charge is -2.61. The van der Waals surface area contributed by atoms with E-state index in [0.29, 0.717) is 31.6 Å². The number of quaternary nitrogens is 1. The molecular formula is C21H24N2O4. The molecule has 6 heteroatoms. The molecule has 6 nitrogen and oxygen atoms in total. The van der Waals surface area contributed by atoms with E-state index in [1.54, 1.807) is 0 Å². The number of nitrogens with zero attached hydrogens (tertiary/aromatic N) is 2. The lowest BCUT2D eigenvalue weighted by atomic mass is 9.50. The van der Waals surface area contributed by atoms with Gasteiger partial charge >= 0.3 is 5.97 Å². The number of carbonyl (C=O) groups is 1. The van der Waals surface area contributed by atoms with Crippen LogP contribution < -0.4 is 0 Å². The highest BCUT2D eigenvalue weighted by Gasteiger charge is 2.76. The first kappa shape index (κ1) is 17.1. The van der Waals surface area contributed by atoms with Gasteiger partial charge in [-0.2, -0.15) is 0 Å². The third-order valence-electron chi connectivity index (χ3n) is 7.43. The van der Waals surface area contributed by atoms with Crippen LogP contribution in [-0.2, 0) is 14.9 Å². The Hall–Kier alpha value is -2.02. The SMILES string of the molecule is CC[C@]12C=CC[N+]3([O-])CC[C@]4(C(=Nc5ccccc54)[C@@](O)(C(=O)OC)C1)[C@H]23. The van der Waals surface area contributed by atoms with Crippen molar-refractivity contribution in [2.45, 2.75) is 43.2 Å². The van der Waals surface area contributed by atoms with Crippen molar-refractivity contribution in [3.05, 3.63) is 47.2 Å². The van der Waals surface area contributed by atoms with Crippen LogP contribution in [0.5, 0.6) is 0 Å². The molecule has 1 spiro atoms. The van der Waals surface area contributed by atoms with Crippen LogP contribution in [0.2, 0.25) is 0 Å². The first-order valence-corrected chi connectivity index (χ1v) is 9.62. The van der Waals surface area contributed by atoms with E-state index in [2.05, 4.69) is 6.08 Å². The molecule has 1 aromatic carbocycles. The van der Waals surface area contributed by atoms with Crippen LogP contribution >= 0.6 is 0 Å². The Morgan fingerprint density at radius 1 is 1.44 bits per heavy atom. The Kier molecular flexibility index (Phi) is 3.21. The fraction of sp³-hybridized carbons (Fsp3) is 0.524. The zero-order chi connectivity index (χ0) is 19.1. The summed E-state index contributed by atoms with van der Waals surface area (Å²) in [6.07, 6.45) is 5.41. The highest BCUT2D eigenvalue weighted by Crippen LogP contribution is 2.65. The average molecular weight is 368 g/mol. The molecule has 27 heavy (non-hydrogen) atoms. The molecule has 3 aliphatic heterocycles. The van der Waals surface area contributed by atoms with Crippen LogP contribution in [0.3, 0.4) is 0 Å². The number of hydrogen-bond donors (Lipinski definition) is 1. The van der Waals surface area contributed by atoms with E-state index in [-0.39, 0.29) is 17.1 Å². The number of esters is 1. The third-order valence-corrected chi connectivity index (χ3v) is 7.43. The lowest BCUT2D eigenvalue weighted by Crippen LogP contribution is -2.73. The summed E-state index contributed by atoms with van der Waals surface area (Å²) in [5, 5.41) is 25.6.